The van der Waals surface area contributed by atoms with Gasteiger partial charge in [0, 0.05) is 17.7 Å². The highest BCUT2D eigenvalue weighted by atomic mass is 16.2. The maximum Gasteiger partial charge on any atom is 0.237 e. The third kappa shape index (κ3) is 6.20. The maximum absolute atomic E-state index is 13.1. The average Bonchev–Trinajstić information content (AvgIpc) is 2.64. The fraction of sp³-hybridized carbons (Fsp3) is 0.667. The van der Waals surface area contributed by atoms with Crippen molar-refractivity contribution in [3.63, 3.8) is 0 Å². The maximum atomic E-state index is 13.1. The molecular formula is C21H35N3O2. The summed E-state index contributed by atoms with van der Waals surface area (Å²) in [5, 5.41) is 2.84. The number of nitrogens with zero attached hydrogens (tertiary/aromatic N) is 1. The molecule has 1 aromatic heterocycles. The van der Waals surface area contributed by atoms with Crippen molar-refractivity contribution < 1.29 is 9.59 Å². The molecule has 3 N–H and O–H groups in total. The molecule has 0 spiro atoms. The summed E-state index contributed by atoms with van der Waals surface area (Å²) in [4.78, 5) is 29.6. The zero-order chi connectivity index (χ0) is 19.7. The van der Waals surface area contributed by atoms with Gasteiger partial charge in [-0.1, -0.05) is 53.9 Å². The summed E-state index contributed by atoms with van der Waals surface area (Å²) >= 11 is 0. The molecule has 1 rings (SSSR count). The minimum absolute atomic E-state index is 0.0176. The van der Waals surface area contributed by atoms with Gasteiger partial charge in [-0.2, -0.15) is 0 Å². The summed E-state index contributed by atoms with van der Waals surface area (Å²) in [6, 6.07) is 3.05. The van der Waals surface area contributed by atoms with Gasteiger partial charge in [0.25, 0.3) is 0 Å². The molecule has 0 bridgehead atoms. The average molecular weight is 362 g/mol. The highest BCUT2D eigenvalue weighted by molar-refractivity contribution is 5.99. The van der Waals surface area contributed by atoms with E-state index in [1.54, 1.807) is 12.3 Å². The SMILES string of the molecule is CCCCC(C(=O)c1cccnc1CNC(=O)[C@H](N)[C@@H](C)CC)C(C)C. The molecule has 1 unspecified atom stereocenters. The van der Waals surface area contributed by atoms with Gasteiger partial charge in [0.2, 0.25) is 5.91 Å². The van der Waals surface area contributed by atoms with E-state index in [0.717, 1.165) is 25.7 Å². The van der Waals surface area contributed by atoms with Crippen LogP contribution >= 0.6 is 0 Å². The van der Waals surface area contributed by atoms with Crippen LogP contribution in [0.5, 0.6) is 0 Å². The standard InChI is InChI=1S/C21H35N3O2/c1-6-8-10-16(14(3)4)20(25)17-11-9-12-23-18(17)13-24-21(26)19(22)15(5)7-2/h9,11-12,14-16,19H,6-8,10,13,22H2,1-5H3,(H,24,26)/t15-,16?,19+/m0/s1. The number of Topliss-reactive ketones (excluding diaryl/α,β-unsaturated/α-hetero) is 1. The summed E-state index contributed by atoms with van der Waals surface area (Å²) in [6.07, 6.45) is 5.48. The van der Waals surface area contributed by atoms with Gasteiger partial charge >= 0.3 is 0 Å². The molecular weight excluding hydrogens is 326 g/mol. The summed E-state index contributed by atoms with van der Waals surface area (Å²) in [6.45, 7) is 10.5. The first-order valence-electron chi connectivity index (χ1n) is 9.84. The van der Waals surface area contributed by atoms with Gasteiger partial charge in [0.15, 0.2) is 5.78 Å². The van der Waals surface area contributed by atoms with Crippen LogP contribution in [0.4, 0.5) is 0 Å². The second-order valence-corrected chi connectivity index (χ2v) is 7.48. The van der Waals surface area contributed by atoms with Crippen LogP contribution in [0.3, 0.4) is 0 Å². The van der Waals surface area contributed by atoms with E-state index in [0.29, 0.717) is 11.3 Å². The number of ketones is 1. The topological polar surface area (TPSA) is 85.1 Å². The van der Waals surface area contributed by atoms with Crippen molar-refractivity contribution in [1.82, 2.24) is 10.3 Å². The molecule has 1 amide bonds. The van der Waals surface area contributed by atoms with Crippen LogP contribution in [0.1, 0.15) is 76.4 Å². The van der Waals surface area contributed by atoms with Crippen molar-refractivity contribution in [2.24, 2.45) is 23.5 Å². The number of aromatic nitrogens is 1. The van der Waals surface area contributed by atoms with Crippen LogP contribution in [0.2, 0.25) is 0 Å². The van der Waals surface area contributed by atoms with E-state index in [9.17, 15) is 9.59 Å². The molecule has 0 fully saturated rings. The van der Waals surface area contributed by atoms with Gasteiger partial charge in [-0.15, -0.1) is 0 Å². The molecule has 0 aliphatic rings. The first-order chi connectivity index (χ1) is 12.3. The Hall–Kier alpha value is -1.75. The number of hydrogen-bond donors (Lipinski definition) is 2. The Morgan fingerprint density at radius 2 is 1.92 bits per heavy atom. The van der Waals surface area contributed by atoms with Crippen LogP contribution in [-0.4, -0.2) is 22.7 Å². The van der Waals surface area contributed by atoms with Gasteiger partial charge in [-0.05, 0) is 30.4 Å². The second kappa shape index (κ2) is 11.1. The van der Waals surface area contributed by atoms with Gasteiger partial charge in [-0.25, -0.2) is 0 Å². The summed E-state index contributed by atoms with van der Waals surface area (Å²) < 4.78 is 0. The Bertz CT molecular complexity index is 586. The molecule has 0 aliphatic carbocycles. The summed E-state index contributed by atoms with van der Waals surface area (Å²) in [7, 11) is 0. The molecule has 146 valence electrons. The number of amides is 1. The first kappa shape index (κ1) is 22.3. The van der Waals surface area contributed by atoms with E-state index in [1.807, 2.05) is 19.9 Å². The summed E-state index contributed by atoms with van der Waals surface area (Å²) in [5.41, 5.74) is 7.20. The molecule has 0 aromatic carbocycles. The van der Waals surface area contributed by atoms with Crippen LogP contribution < -0.4 is 11.1 Å². The van der Waals surface area contributed by atoms with Crippen molar-refractivity contribution in [1.29, 1.82) is 0 Å². The van der Waals surface area contributed by atoms with Crippen molar-refractivity contribution in [3.05, 3.63) is 29.6 Å². The van der Waals surface area contributed by atoms with Gasteiger partial charge in [0.05, 0.1) is 18.3 Å². The third-order valence-electron chi connectivity index (χ3n) is 5.16. The fourth-order valence-electron chi connectivity index (χ4n) is 3.00. The molecule has 5 nitrogen and oxygen atoms in total. The zero-order valence-electron chi connectivity index (χ0n) is 16.9. The zero-order valence-corrected chi connectivity index (χ0v) is 16.9. The lowest BCUT2D eigenvalue weighted by Crippen LogP contribution is -2.44. The molecule has 3 atom stereocenters. The number of hydrogen-bond acceptors (Lipinski definition) is 4. The van der Waals surface area contributed by atoms with Crippen molar-refractivity contribution in [2.75, 3.05) is 0 Å². The molecule has 0 radical (unpaired) electrons. The molecule has 0 saturated heterocycles. The monoisotopic (exact) mass is 361 g/mol. The predicted molar refractivity (Wildman–Crippen MR) is 106 cm³/mol. The van der Waals surface area contributed by atoms with E-state index in [4.69, 9.17) is 5.73 Å². The predicted octanol–water partition coefficient (Wildman–Crippen LogP) is 3.72. The lowest BCUT2D eigenvalue weighted by Gasteiger charge is -2.21. The molecule has 0 saturated carbocycles. The third-order valence-corrected chi connectivity index (χ3v) is 5.16. The number of pyridine rings is 1. The highest BCUT2D eigenvalue weighted by Gasteiger charge is 2.26. The smallest absolute Gasteiger partial charge is 0.237 e. The lowest BCUT2D eigenvalue weighted by atomic mass is 9.83. The number of unbranched alkanes of at least 4 members (excludes halogenated alkanes) is 1. The van der Waals surface area contributed by atoms with E-state index >= 15 is 0 Å². The largest absolute Gasteiger partial charge is 0.349 e. The number of rotatable bonds is 11. The molecule has 1 heterocycles. The molecule has 26 heavy (non-hydrogen) atoms. The number of carbonyl (C=O) groups is 2. The number of carbonyl (C=O) groups excluding carboxylic acids is 2. The Kier molecular flexibility index (Phi) is 9.49. The molecule has 0 aliphatic heterocycles. The first-order valence-corrected chi connectivity index (χ1v) is 9.84. The van der Waals surface area contributed by atoms with Crippen LogP contribution in [0, 0.1) is 17.8 Å². The number of nitrogens with two attached hydrogens (primary N) is 1. The summed E-state index contributed by atoms with van der Waals surface area (Å²) in [5.74, 6) is 0.289. The van der Waals surface area contributed by atoms with E-state index in [2.05, 4.69) is 31.1 Å². The Morgan fingerprint density at radius 3 is 2.50 bits per heavy atom. The van der Waals surface area contributed by atoms with Crippen LogP contribution in [0.25, 0.3) is 0 Å². The minimum atomic E-state index is -0.546. The van der Waals surface area contributed by atoms with Gasteiger partial charge in [-0.3, -0.25) is 14.6 Å². The molecule has 5 heteroatoms. The Balaban J connectivity index is 2.89. The van der Waals surface area contributed by atoms with E-state index in [-0.39, 0.29) is 36.0 Å². The van der Waals surface area contributed by atoms with Crippen molar-refractivity contribution >= 4 is 11.7 Å². The van der Waals surface area contributed by atoms with Crippen LogP contribution in [-0.2, 0) is 11.3 Å². The van der Waals surface area contributed by atoms with E-state index in [1.165, 1.54) is 0 Å². The lowest BCUT2D eigenvalue weighted by molar-refractivity contribution is -0.123. The second-order valence-electron chi connectivity index (χ2n) is 7.48. The highest BCUT2D eigenvalue weighted by Crippen LogP contribution is 2.24. The fourth-order valence-corrected chi connectivity index (χ4v) is 3.00. The van der Waals surface area contributed by atoms with Crippen molar-refractivity contribution in [2.45, 2.75) is 72.9 Å². The normalized spacial score (nSPS) is 14.7. The van der Waals surface area contributed by atoms with Gasteiger partial charge in [0.1, 0.15) is 0 Å². The van der Waals surface area contributed by atoms with Crippen LogP contribution in [0.15, 0.2) is 18.3 Å². The Morgan fingerprint density at radius 1 is 1.23 bits per heavy atom. The minimum Gasteiger partial charge on any atom is -0.349 e. The molecule has 1 aromatic rings. The van der Waals surface area contributed by atoms with Gasteiger partial charge < -0.3 is 11.1 Å². The number of nitrogens with one attached hydrogen (secondary N) is 1. The van der Waals surface area contributed by atoms with Crippen molar-refractivity contribution in [3.8, 4) is 0 Å². The van der Waals surface area contributed by atoms with E-state index < -0.39 is 6.04 Å². The Labute approximate surface area is 158 Å². The quantitative estimate of drug-likeness (QED) is 0.588.